The molecule has 0 aromatic heterocycles. The molecule has 0 saturated heterocycles. The molecule has 0 rings (SSSR count). The summed E-state index contributed by atoms with van der Waals surface area (Å²) >= 11 is 0. The van der Waals surface area contributed by atoms with Crippen LogP contribution >= 0.6 is 0 Å². The standard InChI is InChI=1S/C38H78/c1-6-8-9-10-11-12-13-14-15-16-17-18-19-20-21-22-24-28-32-37(4)34-30-35-38(5)33-29-26-23-25-27-31-36(3)7-2/h36-38H,6-35H2,1-5H3. The number of hydrogen-bond donors (Lipinski definition) is 0. The summed E-state index contributed by atoms with van der Waals surface area (Å²) < 4.78 is 0. The predicted molar refractivity (Wildman–Crippen MR) is 177 cm³/mol. The second-order valence-electron chi connectivity index (χ2n) is 13.8. The lowest BCUT2D eigenvalue weighted by Gasteiger charge is -2.14. The Hall–Kier alpha value is 0. The molecule has 0 aromatic rings. The molecule has 0 spiro atoms. The minimum atomic E-state index is 0.941. The number of unbranched alkanes of at least 4 members (excludes halogenated alkanes) is 21. The van der Waals surface area contributed by atoms with Gasteiger partial charge in [0.1, 0.15) is 0 Å². The van der Waals surface area contributed by atoms with Gasteiger partial charge in [0.05, 0.1) is 0 Å². The van der Waals surface area contributed by atoms with Gasteiger partial charge < -0.3 is 0 Å². The van der Waals surface area contributed by atoms with Gasteiger partial charge in [-0.1, -0.05) is 227 Å². The molecular formula is C38H78. The van der Waals surface area contributed by atoms with Crippen LogP contribution < -0.4 is 0 Å². The van der Waals surface area contributed by atoms with Gasteiger partial charge in [-0.25, -0.2) is 0 Å². The summed E-state index contributed by atoms with van der Waals surface area (Å²) in [7, 11) is 0. The molecule has 0 aliphatic carbocycles. The summed E-state index contributed by atoms with van der Waals surface area (Å²) in [5.74, 6) is 2.84. The van der Waals surface area contributed by atoms with Gasteiger partial charge >= 0.3 is 0 Å². The molecule has 0 saturated carbocycles. The van der Waals surface area contributed by atoms with Crippen molar-refractivity contribution in [2.75, 3.05) is 0 Å². The normalized spacial score (nSPS) is 14.1. The Labute approximate surface area is 244 Å². The van der Waals surface area contributed by atoms with E-state index in [0.29, 0.717) is 0 Å². The second kappa shape index (κ2) is 31.5. The Morgan fingerprint density at radius 3 is 0.789 bits per heavy atom. The van der Waals surface area contributed by atoms with Crippen molar-refractivity contribution < 1.29 is 0 Å². The Morgan fingerprint density at radius 2 is 0.500 bits per heavy atom. The summed E-state index contributed by atoms with van der Waals surface area (Å²) in [5, 5.41) is 0. The molecule has 0 N–H and O–H groups in total. The van der Waals surface area contributed by atoms with E-state index in [1.165, 1.54) is 193 Å². The number of hydrogen-bond acceptors (Lipinski definition) is 0. The highest BCUT2D eigenvalue weighted by molar-refractivity contribution is 4.60. The quantitative estimate of drug-likeness (QED) is 0.0752. The van der Waals surface area contributed by atoms with Crippen LogP contribution in [0.5, 0.6) is 0 Å². The molecule has 230 valence electrons. The average Bonchev–Trinajstić information content (AvgIpc) is 2.91. The molecule has 0 aromatic carbocycles. The molecular weight excluding hydrogens is 456 g/mol. The van der Waals surface area contributed by atoms with Crippen molar-refractivity contribution in [3.05, 3.63) is 0 Å². The minimum Gasteiger partial charge on any atom is -0.0654 e. The first-order chi connectivity index (χ1) is 18.6. The largest absolute Gasteiger partial charge is 0.0654 e. The van der Waals surface area contributed by atoms with Crippen molar-refractivity contribution in [1.29, 1.82) is 0 Å². The van der Waals surface area contributed by atoms with E-state index in [4.69, 9.17) is 0 Å². The van der Waals surface area contributed by atoms with Gasteiger partial charge in [0.2, 0.25) is 0 Å². The summed E-state index contributed by atoms with van der Waals surface area (Å²) in [4.78, 5) is 0. The zero-order chi connectivity index (χ0) is 27.9. The van der Waals surface area contributed by atoms with Crippen molar-refractivity contribution >= 4 is 0 Å². The first-order valence-corrected chi connectivity index (χ1v) is 18.6. The maximum atomic E-state index is 2.51. The molecule has 38 heavy (non-hydrogen) atoms. The van der Waals surface area contributed by atoms with E-state index in [-0.39, 0.29) is 0 Å². The van der Waals surface area contributed by atoms with Crippen LogP contribution in [0.3, 0.4) is 0 Å². The molecule has 0 aliphatic rings. The van der Waals surface area contributed by atoms with Crippen molar-refractivity contribution in [3.8, 4) is 0 Å². The molecule has 3 unspecified atom stereocenters. The van der Waals surface area contributed by atoms with Crippen molar-refractivity contribution in [2.45, 2.75) is 227 Å². The van der Waals surface area contributed by atoms with Gasteiger partial charge in [0, 0.05) is 0 Å². The fraction of sp³-hybridized carbons (Fsp3) is 1.00. The lowest BCUT2D eigenvalue weighted by Crippen LogP contribution is -1.99. The van der Waals surface area contributed by atoms with Crippen molar-refractivity contribution in [1.82, 2.24) is 0 Å². The predicted octanol–water partition coefficient (Wildman–Crippen LogP) is 14.6. The molecule has 0 heteroatoms. The van der Waals surface area contributed by atoms with Crippen LogP contribution in [0.4, 0.5) is 0 Å². The zero-order valence-corrected chi connectivity index (χ0v) is 27.9. The van der Waals surface area contributed by atoms with Crippen LogP contribution in [0, 0.1) is 17.8 Å². The molecule has 0 amide bonds. The molecule has 0 heterocycles. The lowest BCUT2D eigenvalue weighted by atomic mass is 9.92. The third kappa shape index (κ3) is 30.5. The van der Waals surface area contributed by atoms with Crippen LogP contribution in [0.1, 0.15) is 227 Å². The van der Waals surface area contributed by atoms with Crippen LogP contribution in [0.25, 0.3) is 0 Å². The molecule has 0 nitrogen and oxygen atoms in total. The minimum absolute atomic E-state index is 0.941. The third-order valence-corrected chi connectivity index (χ3v) is 9.54. The fourth-order valence-electron chi connectivity index (χ4n) is 6.22. The van der Waals surface area contributed by atoms with Gasteiger partial charge in [-0.2, -0.15) is 0 Å². The van der Waals surface area contributed by atoms with E-state index < -0.39 is 0 Å². The second-order valence-corrected chi connectivity index (χ2v) is 13.8. The maximum absolute atomic E-state index is 2.51. The van der Waals surface area contributed by atoms with E-state index in [2.05, 4.69) is 34.6 Å². The summed E-state index contributed by atoms with van der Waals surface area (Å²) in [5.41, 5.74) is 0. The van der Waals surface area contributed by atoms with Gasteiger partial charge in [0.15, 0.2) is 0 Å². The highest BCUT2D eigenvalue weighted by Gasteiger charge is 2.06. The van der Waals surface area contributed by atoms with Gasteiger partial charge in [0.25, 0.3) is 0 Å². The van der Waals surface area contributed by atoms with Gasteiger partial charge in [-0.15, -0.1) is 0 Å². The van der Waals surface area contributed by atoms with Crippen LogP contribution in [0.15, 0.2) is 0 Å². The monoisotopic (exact) mass is 535 g/mol. The van der Waals surface area contributed by atoms with Crippen LogP contribution in [-0.2, 0) is 0 Å². The fourth-order valence-corrected chi connectivity index (χ4v) is 6.22. The first-order valence-electron chi connectivity index (χ1n) is 18.6. The lowest BCUT2D eigenvalue weighted by molar-refractivity contribution is 0.389. The smallest absolute Gasteiger partial charge is 0.0443 e. The van der Waals surface area contributed by atoms with Gasteiger partial charge in [-0.3, -0.25) is 0 Å². The average molecular weight is 535 g/mol. The third-order valence-electron chi connectivity index (χ3n) is 9.54. The Morgan fingerprint density at radius 1 is 0.263 bits per heavy atom. The zero-order valence-electron chi connectivity index (χ0n) is 27.9. The molecule has 0 fully saturated rings. The first kappa shape index (κ1) is 38.0. The Balaban J connectivity index is 3.26. The Bertz CT molecular complexity index is 412. The van der Waals surface area contributed by atoms with Gasteiger partial charge in [-0.05, 0) is 17.8 Å². The summed E-state index contributed by atoms with van der Waals surface area (Å²) in [6.07, 6.45) is 44.1. The topological polar surface area (TPSA) is 0 Å². The van der Waals surface area contributed by atoms with Crippen LogP contribution in [-0.4, -0.2) is 0 Å². The Kier molecular flexibility index (Phi) is 31.5. The maximum Gasteiger partial charge on any atom is -0.0443 e. The van der Waals surface area contributed by atoms with E-state index in [1.54, 1.807) is 0 Å². The highest BCUT2D eigenvalue weighted by Crippen LogP contribution is 2.22. The summed E-state index contributed by atoms with van der Waals surface area (Å²) in [6.45, 7) is 12.1. The molecule has 0 radical (unpaired) electrons. The molecule has 0 bridgehead atoms. The highest BCUT2D eigenvalue weighted by atomic mass is 14.1. The molecule has 0 aliphatic heterocycles. The van der Waals surface area contributed by atoms with E-state index in [9.17, 15) is 0 Å². The van der Waals surface area contributed by atoms with E-state index >= 15 is 0 Å². The summed E-state index contributed by atoms with van der Waals surface area (Å²) in [6, 6.07) is 0. The SMILES string of the molecule is CCCCCCCCCCCCCCCCCCCCC(C)CCCC(C)CCCCCCCC(C)CC. The van der Waals surface area contributed by atoms with Crippen molar-refractivity contribution in [3.63, 3.8) is 0 Å². The number of rotatable bonds is 32. The van der Waals surface area contributed by atoms with E-state index in [0.717, 1.165) is 17.8 Å². The van der Waals surface area contributed by atoms with Crippen molar-refractivity contribution in [2.24, 2.45) is 17.8 Å². The van der Waals surface area contributed by atoms with E-state index in [1.807, 2.05) is 0 Å². The molecule has 3 atom stereocenters. The van der Waals surface area contributed by atoms with Crippen LogP contribution in [0.2, 0.25) is 0 Å².